The van der Waals surface area contributed by atoms with Gasteiger partial charge in [0.2, 0.25) is 10.0 Å². The Morgan fingerprint density at radius 2 is 2.08 bits per heavy atom. The highest BCUT2D eigenvalue weighted by molar-refractivity contribution is 7.89. The van der Waals surface area contributed by atoms with Crippen LogP contribution in [-0.2, 0) is 10.0 Å². The van der Waals surface area contributed by atoms with Gasteiger partial charge in [-0.25, -0.2) is 8.42 Å². The third kappa shape index (κ3) is 3.98. The summed E-state index contributed by atoms with van der Waals surface area (Å²) in [5.74, 6) is -0.217. The lowest BCUT2D eigenvalue weighted by Crippen LogP contribution is -2.42. The van der Waals surface area contributed by atoms with Crippen molar-refractivity contribution in [3.8, 4) is 0 Å². The number of amides is 1. The highest BCUT2D eigenvalue weighted by Crippen LogP contribution is 2.26. The summed E-state index contributed by atoms with van der Waals surface area (Å²) >= 11 is 0. The topological polar surface area (TPSA) is 66.5 Å². The van der Waals surface area contributed by atoms with Crippen molar-refractivity contribution in [1.82, 2.24) is 9.62 Å². The molecule has 0 aliphatic carbocycles. The van der Waals surface area contributed by atoms with Crippen molar-refractivity contribution in [2.75, 3.05) is 6.54 Å². The number of sulfonamides is 1. The van der Waals surface area contributed by atoms with Crippen LogP contribution in [0.3, 0.4) is 0 Å². The molecule has 0 unspecified atom stereocenters. The highest BCUT2D eigenvalue weighted by atomic mass is 32.2. The van der Waals surface area contributed by atoms with E-state index in [9.17, 15) is 13.2 Å². The lowest BCUT2D eigenvalue weighted by Gasteiger charge is -2.32. The van der Waals surface area contributed by atoms with Crippen LogP contribution in [0.1, 0.15) is 62.4 Å². The summed E-state index contributed by atoms with van der Waals surface area (Å²) < 4.78 is 27.5. The van der Waals surface area contributed by atoms with Crippen LogP contribution in [0.25, 0.3) is 0 Å². The fourth-order valence-corrected chi connectivity index (χ4v) is 4.70. The SMILES string of the molecule is CC[C@@H](C)NC(=O)c1cc(S(=O)(=O)N2CCCC[C@@H]2C)ccc1C. The first-order valence-electron chi connectivity index (χ1n) is 8.70. The summed E-state index contributed by atoms with van der Waals surface area (Å²) in [6.07, 6.45) is 3.65. The van der Waals surface area contributed by atoms with E-state index in [0.717, 1.165) is 31.2 Å². The average molecular weight is 353 g/mol. The lowest BCUT2D eigenvalue weighted by molar-refractivity contribution is 0.0938. The second-order valence-corrected chi connectivity index (χ2v) is 8.61. The normalized spacial score (nSPS) is 20.6. The molecule has 0 bridgehead atoms. The fraction of sp³-hybridized carbons (Fsp3) is 0.611. The maximum atomic E-state index is 13.0. The molecule has 0 aromatic heterocycles. The van der Waals surface area contributed by atoms with E-state index in [1.807, 2.05) is 27.7 Å². The molecule has 2 atom stereocenters. The van der Waals surface area contributed by atoms with Crippen LogP contribution in [0.4, 0.5) is 0 Å². The second kappa shape index (κ2) is 7.66. The monoisotopic (exact) mass is 352 g/mol. The van der Waals surface area contributed by atoms with Gasteiger partial charge in [0, 0.05) is 24.2 Å². The Morgan fingerprint density at radius 1 is 1.38 bits per heavy atom. The van der Waals surface area contributed by atoms with Crippen molar-refractivity contribution in [1.29, 1.82) is 0 Å². The summed E-state index contributed by atoms with van der Waals surface area (Å²) in [7, 11) is -3.56. The van der Waals surface area contributed by atoms with Gasteiger partial charge in [0.05, 0.1) is 4.90 Å². The number of hydrogen-bond acceptors (Lipinski definition) is 3. The number of nitrogens with one attached hydrogen (secondary N) is 1. The molecular weight excluding hydrogens is 324 g/mol. The Bertz CT molecular complexity index is 700. The molecule has 0 radical (unpaired) electrons. The minimum absolute atomic E-state index is 0.00226. The van der Waals surface area contributed by atoms with Crippen LogP contribution >= 0.6 is 0 Å². The zero-order chi connectivity index (χ0) is 17.9. The Labute approximate surface area is 145 Å². The van der Waals surface area contributed by atoms with Crippen molar-refractivity contribution < 1.29 is 13.2 Å². The van der Waals surface area contributed by atoms with Gasteiger partial charge in [-0.05, 0) is 57.7 Å². The summed E-state index contributed by atoms with van der Waals surface area (Å²) in [6, 6.07) is 4.89. The lowest BCUT2D eigenvalue weighted by atomic mass is 10.1. The van der Waals surface area contributed by atoms with Gasteiger partial charge in [-0.15, -0.1) is 0 Å². The minimum atomic E-state index is -3.56. The summed E-state index contributed by atoms with van der Waals surface area (Å²) in [5, 5.41) is 2.91. The van der Waals surface area contributed by atoms with Crippen molar-refractivity contribution in [3.63, 3.8) is 0 Å². The quantitative estimate of drug-likeness (QED) is 0.885. The van der Waals surface area contributed by atoms with E-state index in [2.05, 4.69) is 5.32 Å². The third-order valence-corrected chi connectivity index (χ3v) is 6.80. The molecule has 2 rings (SSSR count). The van der Waals surface area contributed by atoms with Gasteiger partial charge >= 0.3 is 0 Å². The van der Waals surface area contributed by atoms with Gasteiger partial charge in [0.1, 0.15) is 0 Å². The number of hydrogen-bond donors (Lipinski definition) is 1. The Balaban J connectivity index is 2.34. The smallest absolute Gasteiger partial charge is 0.251 e. The van der Waals surface area contributed by atoms with Crippen LogP contribution in [0.5, 0.6) is 0 Å². The molecule has 5 nitrogen and oxygen atoms in total. The van der Waals surface area contributed by atoms with Crippen LogP contribution in [0.15, 0.2) is 23.1 Å². The highest BCUT2D eigenvalue weighted by Gasteiger charge is 2.31. The molecule has 6 heteroatoms. The molecule has 1 aliphatic heterocycles. The molecule has 0 spiro atoms. The largest absolute Gasteiger partial charge is 0.350 e. The molecule has 1 aromatic rings. The zero-order valence-electron chi connectivity index (χ0n) is 15.0. The molecule has 1 amide bonds. The molecule has 1 saturated heterocycles. The van der Waals surface area contributed by atoms with E-state index in [-0.39, 0.29) is 22.9 Å². The zero-order valence-corrected chi connectivity index (χ0v) is 15.8. The van der Waals surface area contributed by atoms with Crippen molar-refractivity contribution in [3.05, 3.63) is 29.3 Å². The third-order valence-electron chi connectivity index (χ3n) is 4.79. The molecule has 24 heavy (non-hydrogen) atoms. The Hall–Kier alpha value is -1.40. The van der Waals surface area contributed by atoms with Gasteiger partial charge in [-0.3, -0.25) is 4.79 Å². The summed E-state index contributed by atoms with van der Waals surface area (Å²) in [6.45, 7) is 8.25. The van der Waals surface area contributed by atoms with E-state index >= 15 is 0 Å². The van der Waals surface area contributed by atoms with Gasteiger partial charge in [0.15, 0.2) is 0 Å². The molecule has 1 aromatic carbocycles. The molecule has 1 aliphatic rings. The number of nitrogens with zero attached hydrogens (tertiary/aromatic N) is 1. The second-order valence-electron chi connectivity index (χ2n) is 6.72. The molecule has 1 fully saturated rings. The fourth-order valence-electron chi connectivity index (χ4n) is 2.97. The van der Waals surface area contributed by atoms with E-state index in [4.69, 9.17) is 0 Å². The first kappa shape index (κ1) is 18.9. The molecule has 1 N–H and O–H groups in total. The molecular formula is C18H28N2O3S. The van der Waals surface area contributed by atoms with Gasteiger partial charge in [0.25, 0.3) is 5.91 Å². The van der Waals surface area contributed by atoms with E-state index < -0.39 is 10.0 Å². The maximum absolute atomic E-state index is 13.0. The maximum Gasteiger partial charge on any atom is 0.251 e. The number of benzene rings is 1. The average Bonchev–Trinajstić information content (AvgIpc) is 2.55. The van der Waals surface area contributed by atoms with Crippen LogP contribution in [0, 0.1) is 6.92 Å². The number of carbonyl (C=O) groups excluding carboxylic acids is 1. The van der Waals surface area contributed by atoms with Crippen LogP contribution < -0.4 is 5.32 Å². The predicted octanol–water partition coefficient (Wildman–Crippen LogP) is 3.09. The number of carbonyl (C=O) groups is 1. The minimum Gasteiger partial charge on any atom is -0.350 e. The standard InChI is InChI=1S/C18H28N2O3S/c1-5-14(3)19-18(21)17-12-16(10-9-13(17)2)24(22,23)20-11-7-6-8-15(20)4/h9-10,12,14-15H,5-8,11H2,1-4H3,(H,19,21)/t14-,15+/m1/s1. The van der Waals surface area contributed by atoms with Crippen LogP contribution in [0.2, 0.25) is 0 Å². The van der Waals surface area contributed by atoms with E-state index in [1.165, 1.54) is 6.07 Å². The van der Waals surface area contributed by atoms with Crippen molar-refractivity contribution >= 4 is 15.9 Å². The molecule has 0 saturated carbocycles. The van der Waals surface area contributed by atoms with Gasteiger partial charge < -0.3 is 5.32 Å². The first-order valence-corrected chi connectivity index (χ1v) is 10.1. The summed E-state index contributed by atoms with van der Waals surface area (Å²) in [5.41, 5.74) is 1.21. The number of aryl methyl sites for hydroxylation is 1. The Morgan fingerprint density at radius 3 is 2.71 bits per heavy atom. The van der Waals surface area contributed by atoms with Crippen molar-refractivity contribution in [2.45, 2.75) is 70.4 Å². The number of piperidine rings is 1. The molecule has 1 heterocycles. The first-order chi connectivity index (χ1) is 11.3. The van der Waals surface area contributed by atoms with E-state index in [0.29, 0.717) is 12.1 Å². The van der Waals surface area contributed by atoms with Crippen LogP contribution in [-0.4, -0.2) is 37.3 Å². The summed E-state index contributed by atoms with van der Waals surface area (Å²) in [4.78, 5) is 12.6. The number of rotatable bonds is 5. The van der Waals surface area contributed by atoms with Gasteiger partial charge in [-0.2, -0.15) is 4.31 Å². The van der Waals surface area contributed by atoms with Gasteiger partial charge in [-0.1, -0.05) is 19.4 Å². The van der Waals surface area contributed by atoms with E-state index in [1.54, 1.807) is 16.4 Å². The van der Waals surface area contributed by atoms with Crippen molar-refractivity contribution in [2.24, 2.45) is 0 Å². The Kier molecular flexibility index (Phi) is 6.04. The predicted molar refractivity (Wildman–Crippen MR) is 95.6 cm³/mol. The molecule has 134 valence electrons.